The van der Waals surface area contributed by atoms with Crippen molar-refractivity contribution in [1.29, 1.82) is 0 Å². The van der Waals surface area contributed by atoms with Crippen LogP contribution in [0.5, 0.6) is 0 Å². The average molecular weight is 320 g/mol. The first-order valence-corrected chi connectivity index (χ1v) is 8.75. The van der Waals surface area contributed by atoms with Crippen LogP contribution in [0.25, 0.3) is 21.9 Å². The maximum atomic E-state index is 5.13. The van der Waals surface area contributed by atoms with Crippen LogP contribution in [0.1, 0.15) is 5.56 Å². The number of allylic oxidation sites excluding steroid dienone is 2. The number of aliphatic imine (C=N–C) groups is 1. The first-order valence-electron chi connectivity index (χ1n) is 8.75. The van der Waals surface area contributed by atoms with Gasteiger partial charge in [0, 0.05) is 11.1 Å². The summed E-state index contributed by atoms with van der Waals surface area (Å²) in [5, 5.41) is 2.55. The molecule has 0 saturated heterocycles. The molecule has 118 valence electrons. The maximum absolute atomic E-state index is 5.13. The molecule has 0 spiro atoms. The van der Waals surface area contributed by atoms with Crippen molar-refractivity contribution in [3.63, 3.8) is 0 Å². The Morgan fingerprint density at radius 2 is 1.60 bits per heavy atom. The van der Waals surface area contributed by atoms with Crippen molar-refractivity contribution in [1.82, 2.24) is 0 Å². The number of fused-ring (bicyclic) bond motifs is 10. The highest BCUT2D eigenvalue weighted by Crippen LogP contribution is 2.46. The fraction of sp³-hybridized carbons (Fsp3) is 0.0870. The van der Waals surface area contributed by atoms with E-state index in [1.165, 1.54) is 33.2 Å². The Hall–Kier alpha value is -3.13. The number of benzene rings is 3. The van der Waals surface area contributed by atoms with E-state index in [1.54, 1.807) is 0 Å². The Balaban J connectivity index is 1.75. The molecule has 0 bridgehead atoms. The highest BCUT2D eigenvalue weighted by atomic mass is 15.3. The van der Waals surface area contributed by atoms with Gasteiger partial charge in [-0.15, -0.1) is 0 Å². The number of anilines is 1. The monoisotopic (exact) mass is 320 g/mol. The molecule has 1 aliphatic carbocycles. The number of amidine groups is 1. The van der Waals surface area contributed by atoms with Gasteiger partial charge in [0.1, 0.15) is 5.84 Å². The van der Waals surface area contributed by atoms with E-state index in [2.05, 4.69) is 89.9 Å². The third kappa shape index (κ3) is 1.66. The van der Waals surface area contributed by atoms with Gasteiger partial charge in [0.2, 0.25) is 0 Å². The zero-order chi connectivity index (χ0) is 16.4. The smallest absolute Gasteiger partial charge is 0.138 e. The van der Waals surface area contributed by atoms with Crippen molar-refractivity contribution in [3.8, 4) is 11.1 Å². The van der Waals surface area contributed by atoms with Crippen molar-refractivity contribution >= 4 is 22.3 Å². The number of nitrogens with zero attached hydrogens (tertiary/aromatic N) is 2. The van der Waals surface area contributed by atoms with Crippen LogP contribution in [-0.2, 0) is 0 Å². The molecule has 2 heterocycles. The first-order chi connectivity index (χ1) is 12.4. The molecule has 0 N–H and O–H groups in total. The molecule has 25 heavy (non-hydrogen) atoms. The molecular weight excluding hydrogens is 304 g/mol. The topological polar surface area (TPSA) is 15.6 Å². The minimum atomic E-state index is 0.193. The Bertz CT molecular complexity index is 1120. The first kappa shape index (κ1) is 13.2. The third-order valence-electron chi connectivity index (χ3n) is 5.48. The van der Waals surface area contributed by atoms with E-state index < -0.39 is 0 Å². The molecule has 3 aromatic carbocycles. The van der Waals surface area contributed by atoms with Crippen LogP contribution in [-0.4, -0.2) is 17.9 Å². The van der Waals surface area contributed by atoms with Crippen molar-refractivity contribution in [2.24, 2.45) is 4.99 Å². The minimum Gasteiger partial charge on any atom is -0.316 e. The SMILES string of the molecule is C1=CC2N=C3c4c(ccc5ccccc45)-c4ccccc4N3C2C=C1. The van der Waals surface area contributed by atoms with Crippen LogP contribution in [0.4, 0.5) is 5.69 Å². The molecule has 0 amide bonds. The van der Waals surface area contributed by atoms with Crippen LogP contribution in [0, 0.1) is 0 Å². The summed E-state index contributed by atoms with van der Waals surface area (Å²) in [5.74, 6) is 1.11. The molecule has 3 aliphatic rings. The third-order valence-corrected chi connectivity index (χ3v) is 5.48. The summed E-state index contributed by atoms with van der Waals surface area (Å²) in [4.78, 5) is 7.55. The van der Waals surface area contributed by atoms with Gasteiger partial charge in [-0.1, -0.05) is 78.9 Å². The van der Waals surface area contributed by atoms with Gasteiger partial charge in [0.05, 0.1) is 17.8 Å². The molecule has 6 rings (SSSR count). The van der Waals surface area contributed by atoms with E-state index in [4.69, 9.17) is 4.99 Å². The lowest BCUT2D eigenvalue weighted by atomic mass is 9.88. The Morgan fingerprint density at radius 1 is 0.760 bits per heavy atom. The lowest BCUT2D eigenvalue weighted by Gasteiger charge is -2.35. The standard InChI is InChI=1S/C23H16N2/c1-2-8-16-15(7-1)13-14-18-17-9-3-5-11-20(17)25-21-12-6-4-10-19(21)24-23(25)22(16)18/h1-14,19,21H. The molecule has 0 fully saturated rings. The van der Waals surface area contributed by atoms with E-state index in [1.807, 2.05) is 0 Å². The maximum Gasteiger partial charge on any atom is 0.138 e. The quantitative estimate of drug-likeness (QED) is 0.572. The van der Waals surface area contributed by atoms with Gasteiger partial charge in [0.25, 0.3) is 0 Å². The molecule has 0 saturated carbocycles. The number of hydrogen-bond donors (Lipinski definition) is 0. The second-order valence-corrected chi connectivity index (χ2v) is 6.80. The fourth-order valence-corrected chi connectivity index (χ4v) is 4.39. The van der Waals surface area contributed by atoms with E-state index in [0.717, 1.165) is 5.84 Å². The second kappa shape index (κ2) is 4.70. The highest BCUT2D eigenvalue weighted by molar-refractivity contribution is 6.26. The van der Waals surface area contributed by atoms with E-state index in [9.17, 15) is 0 Å². The van der Waals surface area contributed by atoms with Gasteiger partial charge in [-0.05, 0) is 22.4 Å². The summed E-state index contributed by atoms with van der Waals surface area (Å²) in [6.45, 7) is 0. The zero-order valence-corrected chi connectivity index (χ0v) is 13.6. The van der Waals surface area contributed by atoms with Crippen molar-refractivity contribution in [2.45, 2.75) is 12.1 Å². The number of rotatable bonds is 0. The van der Waals surface area contributed by atoms with Crippen molar-refractivity contribution in [3.05, 3.63) is 90.5 Å². The van der Waals surface area contributed by atoms with Crippen LogP contribution >= 0.6 is 0 Å². The summed E-state index contributed by atoms with van der Waals surface area (Å²) in [6.07, 6.45) is 8.73. The molecule has 2 atom stereocenters. The van der Waals surface area contributed by atoms with Crippen molar-refractivity contribution in [2.75, 3.05) is 4.90 Å². The van der Waals surface area contributed by atoms with E-state index in [0.29, 0.717) is 0 Å². The Labute approximate surface area is 146 Å². The summed E-state index contributed by atoms with van der Waals surface area (Å²) >= 11 is 0. The number of para-hydroxylation sites is 1. The Kier molecular flexibility index (Phi) is 2.48. The molecule has 0 radical (unpaired) electrons. The van der Waals surface area contributed by atoms with Gasteiger partial charge in [-0.3, -0.25) is 4.99 Å². The van der Waals surface area contributed by atoms with E-state index in [-0.39, 0.29) is 12.1 Å². The molecule has 2 unspecified atom stereocenters. The largest absolute Gasteiger partial charge is 0.316 e. The van der Waals surface area contributed by atoms with Crippen LogP contribution in [0.15, 0.2) is 90.0 Å². The predicted octanol–water partition coefficient (Wildman–Crippen LogP) is 4.95. The van der Waals surface area contributed by atoms with Gasteiger partial charge in [-0.25, -0.2) is 0 Å². The van der Waals surface area contributed by atoms with Gasteiger partial charge in [0.15, 0.2) is 0 Å². The van der Waals surface area contributed by atoms with Crippen LogP contribution in [0.2, 0.25) is 0 Å². The molecule has 2 heteroatoms. The second-order valence-electron chi connectivity index (χ2n) is 6.80. The number of hydrogen-bond acceptors (Lipinski definition) is 2. The van der Waals surface area contributed by atoms with Crippen molar-refractivity contribution < 1.29 is 0 Å². The molecular formula is C23H16N2. The molecule has 0 aromatic heterocycles. The normalized spacial score (nSPS) is 22.2. The zero-order valence-electron chi connectivity index (χ0n) is 13.6. The van der Waals surface area contributed by atoms with E-state index >= 15 is 0 Å². The predicted molar refractivity (Wildman–Crippen MR) is 104 cm³/mol. The highest BCUT2D eigenvalue weighted by Gasteiger charge is 2.40. The summed E-state index contributed by atoms with van der Waals surface area (Å²) < 4.78 is 0. The lowest BCUT2D eigenvalue weighted by molar-refractivity contribution is 0.739. The summed E-state index contributed by atoms with van der Waals surface area (Å²) in [6, 6.07) is 22.3. The van der Waals surface area contributed by atoms with Crippen LogP contribution in [0.3, 0.4) is 0 Å². The summed E-state index contributed by atoms with van der Waals surface area (Å²) in [7, 11) is 0. The fourth-order valence-electron chi connectivity index (χ4n) is 4.39. The molecule has 2 aliphatic heterocycles. The minimum absolute atomic E-state index is 0.193. The van der Waals surface area contributed by atoms with Crippen LogP contribution < -0.4 is 4.90 Å². The summed E-state index contributed by atoms with van der Waals surface area (Å²) in [5.41, 5.74) is 5.12. The molecule has 2 nitrogen and oxygen atoms in total. The van der Waals surface area contributed by atoms with Gasteiger partial charge < -0.3 is 4.90 Å². The Morgan fingerprint density at radius 3 is 2.60 bits per heavy atom. The molecule has 3 aromatic rings. The average Bonchev–Trinajstić information content (AvgIpc) is 3.07. The van der Waals surface area contributed by atoms with Gasteiger partial charge in [-0.2, -0.15) is 0 Å². The lowest BCUT2D eigenvalue weighted by Crippen LogP contribution is -2.41. The van der Waals surface area contributed by atoms with Gasteiger partial charge >= 0.3 is 0 Å².